The second-order valence-electron chi connectivity index (χ2n) is 18.5. The number of nitrogens with zero attached hydrogens (tertiary/aromatic N) is 3. The first-order valence-corrected chi connectivity index (χ1v) is 23.7. The number of fused-ring (bicyclic) bond motifs is 19. The van der Waals surface area contributed by atoms with Crippen molar-refractivity contribution in [3.8, 4) is 67.5 Å². The molecule has 4 heterocycles. The van der Waals surface area contributed by atoms with E-state index in [4.69, 9.17) is 28.2 Å². The number of furan rings is 3. The predicted molar refractivity (Wildman–Crippen MR) is 280 cm³/mol. The summed E-state index contributed by atoms with van der Waals surface area (Å²) >= 11 is 0. The zero-order chi connectivity index (χ0) is 45.7. The Labute approximate surface area is 399 Å². The van der Waals surface area contributed by atoms with Gasteiger partial charge in [0.1, 0.15) is 33.5 Å². The van der Waals surface area contributed by atoms with Gasteiger partial charge in [0.15, 0.2) is 17.5 Å². The van der Waals surface area contributed by atoms with Gasteiger partial charge in [0.2, 0.25) is 0 Å². The molecule has 0 amide bonds. The smallest absolute Gasteiger partial charge is 0.164 e. The molecular weight excluding hydrogens is 859 g/mol. The van der Waals surface area contributed by atoms with E-state index < -0.39 is 5.41 Å². The highest BCUT2D eigenvalue weighted by Gasteiger charge is 2.52. The molecule has 0 saturated heterocycles. The van der Waals surface area contributed by atoms with Crippen molar-refractivity contribution in [1.29, 1.82) is 0 Å². The van der Waals surface area contributed by atoms with Gasteiger partial charge in [-0.05, 0) is 110 Å². The first-order chi connectivity index (χ1) is 34.7. The topological polar surface area (TPSA) is 78.1 Å². The first kappa shape index (κ1) is 37.7. The van der Waals surface area contributed by atoms with Crippen LogP contribution in [-0.4, -0.2) is 15.0 Å². The van der Waals surface area contributed by atoms with E-state index in [-0.39, 0.29) is 0 Å². The molecular formula is C64H35N3O3. The quantitative estimate of drug-likeness (QED) is 0.175. The summed E-state index contributed by atoms with van der Waals surface area (Å²) in [5.74, 6) is 1.63. The largest absolute Gasteiger partial charge is 0.456 e. The molecule has 16 rings (SSSR count). The minimum Gasteiger partial charge on any atom is -0.456 e. The molecule has 0 saturated carbocycles. The summed E-state index contributed by atoms with van der Waals surface area (Å²) in [6, 6.07) is 75.0. The Morgan fingerprint density at radius 1 is 0.271 bits per heavy atom. The number of hydrogen-bond donors (Lipinski definition) is 0. The lowest BCUT2D eigenvalue weighted by Crippen LogP contribution is -2.26. The Morgan fingerprint density at radius 2 is 0.686 bits per heavy atom. The van der Waals surface area contributed by atoms with Crippen molar-refractivity contribution in [2.24, 2.45) is 0 Å². The molecule has 14 aromatic rings. The van der Waals surface area contributed by atoms with Gasteiger partial charge in [0.05, 0.1) is 5.41 Å². The summed E-state index contributed by atoms with van der Waals surface area (Å²) in [7, 11) is 0. The van der Waals surface area contributed by atoms with E-state index in [0.717, 1.165) is 88.1 Å². The molecule has 2 aliphatic carbocycles. The van der Waals surface area contributed by atoms with Gasteiger partial charge in [0.25, 0.3) is 0 Å². The van der Waals surface area contributed by atoms with E-state index in [9.17, 15) is 0 Å². The van der Waals surface area contributed by atoms with E-state index in [0.29, 0.717) is 17.5 Å². The number of para-hydroxylation sites is 2. The second-order valence-corrected chi connectivity index (χ2v) is 18.5. The molecule has 1 spiro atoms. The fourth-order valence-corrected chi connectivity index (χ4v) is 12.1. The van der Waals surface area contributed by atoms with Crippen LogP contribution in [-0.2, 0) is 5.41 Å². The molecule has 2 aliphatic rings. The van der Waals surface area contributed by atoms with E-state index in [1.807, 2.05) is 72.8 Å². The average molecular weight is 894 g/mol. The van der Waals surface area contributed by atoms with Gasteiger partial charge in [-0.1, -0.05) is 158 Å². The second kappa shape index (κ2) is 13.8. The molecule has 0 radical (unpaired) electrons. The van der Waals surface area contributed by atoms with Crippen LogP contribution in [0.3, 0.4) is 0 Å². The number of hydrogen-bond acceptors (Lipinski definition) is 6. The molecule has 0 N–H and O–H groups in total. The lowest BCUT2D eigenvalue weighted by Gasteiger charge is -2.32. The van der Waals surface area contributed by atoms with Gasteiger partial charge >= 0.3 is 0 Å². The number of rotatable bonds is 4. The Balaban J connectivity index is 0.940. The highest BCUT2D eigenvalue weighted by Crippen LogP contribution is 2.64. The molecule has 0 bridgehead atoms. The standard InChI is InChI=1S/C64H35N3O3/c1-6-23-49-39(14-1)40-15-2-7-24-50(40)64(49)51-25-8-3-16-41(51)43-20-11-19-38(60(43)64)36-30-32-55-48(34-36)59-46(22-13-29-57(59)70-55)63-66-61(37-31-33-54-47(35-37)42-17-4-9-26-52(42)68-54)65-62(67-63)45-21-12-28-56-58(45)44-18-5-10-27-53(44)69-56/h1-35H. The molecule has 0 aliphatic heterocycles. The Morgan fingerprint density at radius 3 is 1.36 bits per heavy atom. The van der Waals surface area contributed by atoms with Crippen LogP contribution < -0.4 is 0 Å². The van der Waals surface area contributed by atoms with Crippen LogP contribution in [0.4, 0.5) is 0 Å². The lowest BCUT2D eigenvalue weighted by molar-refractivity contribution is 0.668. The fourth-order valence-electron chi connectivity index (χ4n) is 12.1. The zero-order valence-electron chi connectivity index (χ0n) is 37.3. The molecule has 6 heteroatoms. The van der Waals surface area contributed by atoms with Crippen LogP contribution in [0, 0.1) is 0 Å². The molecule has 324 valence electrons. The van der Waals surface area contributed by atoms with E-state index in [1.165, 1.54) is 50.1 Å². The minimum atomic E-state index is -0.499. The van der Waals surface area contributed by atoms with Crippen molar-refractivity contribution >= 4 is 65.8 Å². The SMILES string of the molecule is c1ccc2c(c1)-c1ccccc1C21c2ccccc2-c2cccc(-c3ccc4oc5cccc(-c6nc(-c7ccc8oc9ccccc9c8c7)nc(-c7cccc8oc9ccccc9c78)n6)c5c4c3)c21. The fraction of sp³-hybridized carbons (Fsp3) is 0.0156. The van der Waals surface area contributed by atoms with Crippen molar-refractivity contribution in [2.75, 3.05) is 0 Å². The summed E-state index contributed by atoms with van der Waals surface area (Å²) in [4.78, 5) is 16.0. The van der Waals surface area contributed by atoms with Crippen molar-refractivity contribution in [2.45, 2.75) is 5.41 Å². The van der Waals surface area contributed by atoms with Crippen molar-refractivity contribution < 1.29 is 13.3 Å². The first-order valence-electron chi connectivity index (χ1n) is 23.7. The van der Waals surface area contributed by atoms with E-state index in [1.54, 1.807) is 0 Å². The molecule has 0 atom stereocenters. The molecule has 70 heavy (non-hydrogen) atoms. The van der Waals surface area contributed by atoms with Gasteiger partial charge in [-0.3, -0.25) is 0 Å². The number of aromatic nitrogens is 3. The number of benzene rings is 10. The maximum absolute atomic E-state index is 6.75. The monoisotopic (exact) mass is 893 g/mol. The highest BCUT2D eigenvalue weighted by molar-refractivity contribution is 6.15. The summed E-state index contributed by atoms with van der Waals surface area (Å²) in [6.07, 6.45) is 0. The normalized spacial score (nSPS) is 13.3. The van der Waals surface area contributed by atoms with Gasteiger partial charge in [-0.15, -0.1) is 0 Å². The Bertz CT molecular complexity index is 4510. The predicted octanol–water partition coefficient (Wildman–Crippen LogP) is 16.6. The molecule has 10 aromatic carbocycles. The maximum atomic E-state index is 6.75. The Hall–Kier alpha value is -9.39. The molecule has 6 nitrogen and oxygen atoms in total. The molecule has 4 aromatic heterocycles. The summed E-state index contributed by atoms with van der Waals surface area (Å²) in [5.41, 5.74) is 19.4. The third kappa shape index (κ3) is 4.98. The van der Waals surface area contributed by atoms with Crippen molar-refractivity contribution in [3.05, 3.63) is 235 Å². The van der Waals surface area contributed by atoms with E-state index >= 15 is 0 Å². The summed E-state index contributed by atoms with van der Waals surface area (Å²) < 4.78 is 19.4. The maximum Gasteiger partial charge on any atom is 0.164 e. The third-order valence-electron chi connectivity index (χ3n) is 15.0. The van der Waals surface area contributed by atoms with Crippen LogP contribution in [0.25, 0.3) is 133 Å². The highest BCUT2D eigenvalue weighted by atomic mass is 16.3. The summed E-state index contributed by atoms with van der Waals surface area (Å²) in [5, 5.41) is 5.91. The lowest BCUT2D eigenvalue weighted by atomic mass is 9.68. The van der Waals surface area contributed by atoms with Crippen LogP contribution in [0.5, 0.6) is 0 Å². The van der Waals surface area contributed by atoms with E-state index in [2.05, 4.69) is 140 Å². The summed E-state index contributed by atoms with van der Waals surface area (Å²) in [6.45, 7) is 0. The van der Waals surface area contributed by atoms with Crippen LogP contribution >= 0.6 is 0 Å². The minimum absolute atomic E-state index is 0.499. The average Bonchev–Trinajstić information content (AvgIpc) is 4.23. The van der Waals surface area contributed by atoms with Gasteiger partial charge < -0.3 is 13.3 Å². The van der Waals surface area contributed by atoms with Gasteiger partial charge in [-0.25, -0.2) is 15.0 Å². The molecule has 0 fully saturated rings. The zero-order valence-corrected chi connectivity index (χ0v) is 37.3. The van der Waals surface area contributed by atoms with Crippen LogP contribution in [0.15, 0.2) is 226 Å². The van der Waals surface area contributed by atoms with Gasteiger partial charge in [-0.2, -0.15) is 0 Å². The van der Waals surface area contributed by atoms with Crippen LogP contribution in [0.1, 0.15) is 22.3 Å². The van der Waals surface area contributed by atoms with Crippen molar-refractivity contribution in [3.63, 3.8) is 0 Å². The van der Waals surface area contributed by atoms with Crippen LogP contribution in [0.2, 0.25) is 0 Å². The molecule has 0 unspecified atom stereocenters. The Kier molecular flexibility index (Phi) is 7.45. The van der Waals surface area contributed by atoms with Crippen molar-refractivity contribution in [1.82, 2.24) is 15.0 Å². The third-order valence-corrected chi connectivity index (χ3v) is 15.0. The van der Waals surface area contributed by atoms with Gasteiger partial charge in [0, 0.05) is 49.0 Å².